The molecule has 0 bridgehead atoms. The molecule has 0 amide bonds. The summed E-state index contributed by atoms with van der Waals surface area (Å²) in [4.78, 5) is 5.28. The largest absolute Gasteiger partial charge is 0.373 e. The van der Waals surface area contributed by atoms with E-state index in [9.17, 15) is 0 Å². The van der Waals surface area contributed by atoms with Gasteiger partial charge in [0.2, 0.25) is 0 Å². The minimum Gasteiger partial charge on any atom is -0.373 e. The number of nitrogens with zero attached hydrogens (tertiary/aromatic N) is 1. The Hall–Kier alpha value is -1.45. The van der Waals surface area contributed by atoms with Gasteiger partial charge in [0, 0.05) is 34.4 Å². The van der Waals surface area contributed by atoms with Gasteiger partial charge in [-0.1, -0.05) is 36.0 Å². The summed E-state index contributed by atoms with van der Waals surface area (Å²) >= 11 is 1.89. The van der Waals surface area contributed by atoms with Crippen molar-refractivity contribution < 1.29 is 4.74 Å². The third kappa shape index (κ3) is 1.71. The summed E-state index contributed by atoms with van der Waals surface area (Å²) in [5.74, 6) is 0.623. The molecule has 3 aliphatic rings. The molecule has 3 aliphatic heterocycles. The molecular weight excluding hydrogens is 278 g/mol. The van der Waals surface area contributed by atoms with Crippen LogP contribution >= 0.6 is 11.8 Å². The number of hydrogen-bond donors (Lipinski definition) is 0. The van der Waals surface area contributed by atoms with E-state index >= 15 is 0 Å². The van der Waals surface area contributed by atoms with Crippen LogP contribution in [0.5, 0.6) is 0 Å². The Bertz CT molecular complexity index is 714. The Morgan fingerprint density at radius 2 is 1.95 bits per heavy atom. The average Bonchev–Trinajstić information content (AvgIpc) is 2.55. The van der Waals surface area contributed by atoms with E-state index in [1.165, 1.54) is 39.6 Å². The maximum atomic E-state index is 6.13. The SMILES string of the molecule is c1ccc2c(c1)Sc1cccc3c1N2CC1CCCOC31. The summed E-state index contributed by atoms with van der Waals surface area (Å²) in [5.41, 5.74) is 4.15. The molecule has 0 aliphatic carbocycles. The highest BCUT2D eigenvalue weighted by atomic mass is 32.2. The maximum absolute atomic E-state index is 6.13. The first-order valence-corrected chi connectivity index (χ1v) is 8.52. The van der Waals surface area contributed by atoms with Gasteiger partial charge < -0.3 is 9.64 Å². The Kier molecular flexibility index (Phi) is 2.61. The van der Waals surface area contributed by atoms with Gasteiger partial charge in [0.25, 0.3) is 0 Å². The molecule has 0 N–H and O–H groups in total. The lowest BCUT2D eigenvalue weighted by Crippen LogP contribution is -2.39. The summed E-state index contributed by atoms with van der Waals surface area (Å²) < 4.78 is 6.13. The number of fused-ring (bicyclic) bond motifs is 4. The molecule has 2 aromatic rings. The van der Waals surface area contributed by atoms with Crippen LogP contribution in [0.25, 0.3) is 0 Å². The van der Waals surface area contributed by atoms with Crippen LogP contribution in [0.15, 0.2) is 52.3 Å². The van der Waals surface area contributed by atoms with Crippen LogP contribution in [-0.4, -0.2) is 13.2 Å². The molecule has 21 heavy (non-hydrogen) atoms. The van der Waals surface area contributed by atoms with Crippen molar-refractivity contribution in [2.24, 2.45) is 5.92 Å². The molecule has 0 saturated carbocycles. The number of para-hydroxylation sites is 2. The summed E-state index contributed by atoms with van der Waals surface area (Å²) in [5, 5.41) is 0. The van der Waals surface area contributed by atoms with Gasteiger partial charge in [-0.25, -0.2) is 0 Å². The predicted octanol–water partition coefficient (Wildman–Crippen LogP) is 4.77. The molecule has 1 saturated heterocycles. The Labute approximate surface area is 129 Å². The molecule has 106 valence electrons. The second-order valence-corrected chi connectivity index (χ2v) is 7.15. The van der Waals surface area contributed by atoms with Crippen molar-refractivity contribution in [3.05, 3.63) is 48.0 Å². The van der Waals surface area contributed by atoms with Crippen molar-refractivity contribution in [2.45, 2.75) is 28.7 Å². The third-order valence-electron chi connectivity index (χ3n) is 4.84. The van der Waals surface area contributed by atoms with Gasteiger partial charge in [-0.3, -0.25) is 0 Å². The topological polar surface area (TPSA) is 12.5 Å². The molecule has 0 aromatic heterocycles. The minimum atomic E-state index is 0.302. The van der Waals surface area contributed by atoms with E-state index in [4.69, 9.17) is 4.74 Å². The van der Waals surface area contributed by atoms with Gasteiger partial charge in [-0.05, 0) is 31.0 Å². The van der Waals surface area contributed by atoms with E-state index in [-0.39, 0.29) is 0 Å². The molecule has 5 rings (SSSR count). The van der Waals surface area contributed by atoms with Crippen LogP contribution < -0.4 is 4.90 Å². The van der Waals surface area contributed by atoms with E-state index in [2.05, 4.69) is 47.4 Å². The molecule has 0 spiro atoms. The zero-order valence-corrected chi connectivity index (χ0v) is 12.6. The first kappa shape index (κ1) is 12.1. The third-order valence-corrected chi connectivity index (χ3v) is 5.96. The molecule has 2 atom stereocenters. The lowest BCUT2D eigenvalue weighted by atomic mass is 9.84. The number of hydrogen-bond acceptors (Lipinski definition) is 3. The zero-order chi connectivity index (χ0) is 13.8. The fraction of sp³-hybridized carbons (Fsp3) is 0.333. The molecule has 2 aromatic carbocycles. The van der Waals surface area contributed by atoms with E-state index in [0.717, 1.165) is 13.2 Å². The Morgan fingerprint density at radius 3 is 2.95 bits per heavy atom. The van der Waals surface area contributed by atoms with Crippen LogP contribution in [0.2, 0.25) is 0 Å². The number of anilines is 2. The molecule has 2 unspecified atom stereocenters. The number of ether oxygens (including phenoxy) is 1. The summed E-state index contributed by atoms with van der Waals surface area (Å²) in [6.07, 6.45) is 2.77. The van der Waals surface area contributed by atoms with E-state index in [1.54, 1.807) is 0 Å². The first-order chi connectivity index (χ1) is 10.4. The van der Waals surface area contributed by atoms with Gasteiger partial charge in [-0.2, -0.15) is 0 Å². The van der Waals surface area contributed by atoms with Crippen molar-refractivity contribution in [3.63, 3.8) is 0 Å². The van der Waals surface area contributed by atoms with E-state index < -0.39 is 0 Å². The monoisotopic (exact) mass is 295 g/mol. The van der Waals surface area contributed by atoms with Gasteiger partial charge >= 0.3 is 0 Å². The smallest absolute Gasteiger partial charge is 0.0890 e. The summed E-state index contributed by atoms with van der Waals surface area (Å²) in [6, 6.07) is 15.5. The fourth-order valence-corrected chi connectivity index (χ4v) is 5.08. The van der Waals surface area contributed by atoms with Crippen LogP contribution in [0, 0.1) is 5.92 Å². The molecule has 3 heterocycles. The fourth-order valence-electron chi connectivity index (χ4n) is 3.94. The van der Waals surface area contributed by atoms with Crippen molar-refractivity contribution in [3.8, 4) is 0 Å². The number of rotatable bonds is 0. The molecule has 3 heteroatoms. The van der Waals surface area contributed by atoms with Crippen molar-refractivity contribution >= 4 is 23.1 Å². The minimum absolute atomic E-state index is 0.302. The second kappa shape index (κ2) is 4.52. The summed E-state index contributed by atoms with van der Waals surface area (Å²) in [7, 11) is 0. The van der Waals surface area contributed by atoms with Gasteiger partial charge in [0.05, 0.1) is 17.5 Å². The number of benzene rings is 2. The normalized spacial score (nSPS) is 25.8. The van der Waals surface area contributed by atoms with Crippen molar-refractivity contribution in [2.75, 3.05) is 18.1 Å². The molecule has 2 nitrogen and oxygen atoms in total. The highest BCUT2D eigenvalue weighted by Gasteiger charge is 2.39. The first-order valence-electron chi connectivity index (χ1n) is 7.71. The summed E-state index contributed by atoms with van der Waals surface area (Å²) in [6.45, 7) is 2.00. The van der Waals surface area contributed by atoms with Gasteiger partial charge in [0.1, 0.15) is 0 Å². The Balaban J connectivity index is 1.73. The Morgan fingerprint density at radius 1 is 1.05 bits per heavy atom. The predicted molar refractivity (Wildman–Crippen MR) is 85.4 cm³/mol. The standard InChI is InChI=1S/C18H17NOS/c1-2-8-15-14(7-1)19-11-12-5-4-10-20-18(12)13-6-3-9-16(21-15)17(13)19/h1-3,6-9,12,18H,4-5,10-11H2. The van der Waals surface area contributed by atoms with E-state index in [1.807, 2.05) is 11.8 Å². The average molecular weight is 295 g/mol. The second-order valence-electron chi connectivity index (χ2n) is 6.07. The van der Waals surface area contributed by atoms with E-state index in [0.29, 0.717) is 12.0 Å². The van der Waals surface area contributed by atoms with Crippen LogP contribution in [0.3, 0.4) is 0 Å². The highest BCUT2D eigenvalue weighted by Crippen LogP contribution is 2.55. The van der Waals surface area contributed by atoms with Gasteiger partial charge in [-0.15, -0.1) is 0 Å². The van der Waals surface area contributed by atoms with Gasteiger partial charge in [0.15, 0.2) is 0 Å². The van der Waals surface area contributed by atoms with Crippen LogP contribution in [-0.2, 0) is 4.74 Å². The lowest BCUT2D eigenvalue weighted by Gasteiger charge is -2.46. The van der Waals surface area contributed by atoms with Crippen LogP contribution in [0.1, 0.15) is 24.5 Å². The van der Waals surface area contributed by atoms with Crippen molar-refractivity contribution in [1.82, 2.24) is 0 Å². The molecule has 1 fully saturated rings. The maximum Gasteiger partial charge on any atom is 0.0890 e. The van der Waals surface area contributed by atoms with Crippen molar-refractivity contribution in [1.29, 1.82) is 0 Å². The molecular formula is C18H17NOS. The van der Waals surface area contributed by atoms with Crippen LogP contribution in [0.4, 0.5) is 11.4 Å². The zero-order valence-electron chi connectivity index (χ0n) is 11.8. The molecule has 0 radical (unpaired) electrons. The quantitative estimate of drug-likeness (QED) is 0.694. The highest BCUT2D eigenvalue weighted by molar-refractivity contribution is 7.99. The lowest BCUT2D eigenvalue weighted by molar-refractivity contribution is -0.0285.